The predicted molar refractivity (Wildman–Crippen MR) is 60.8 cm³/mol. The zero-order valence-electron chi connectivity index (χ0n) is 9.77. The van der Waals surface area contributed by atoms with E-state index in [9.17, 15) is 4.79 Å². The number of aryl methyl sites for hydroxylation is 1. The number of amides is 1. The van der Waals surface area contributed by atoms with E-state index in [4.69, 9.17) is 10.2 Å². The number of likely N-dealkylation sites (tertiary alicyclic amines) is 1. The Morgan fingerprint density at radius 1 is 1.50 bits per heavy atom. The lowest BCUT2D eigenvalue weighted by molar-refractivity contribution is -0.132. The first kappa shape index (κ1) is 11.2. The first-order valence-electron chi connectivity index (χ1n) is 5.67. The maximum absolute atomic E-state index is 11.8. The molecule has 2 N–H and O–H groups in total. The van der Waals surface area contributed by atoms with Gasteiger partial charge in [-0.25, -0.2) is 0 Å². The van der Waals surface area contributed by atoms with Crippen LogP contribution < -0.4 is 5.73 Å². The van der Waals surface area contributed by atoms with Crippen molar-refractivity contribution in [2.45, 2.75) is 38.3 Å². The molecule has 4 nitrogen and oxygen atoms in total. The molecular weight excluding hydrogens is 204 g/mol. The number of rotatable bonds is 1. The van der Waals surface area contributed by atoms with E-state index in [-0.39, 0.29) is 18.0 Å². The zero-order chi connectivity index (χ0) is 11.7. The summed E-state index contributed by atoms with van der Waals surface area (Å²) in [4.78, 5) is 13.5. The smallest absolute Gasteiger partial charge is 0.222 e. The predicted octanol–water partition coefficient (Wildman–Crippen LogP) is 1.60. The van der Waals surface area contributed by atoms with Crippen molar-refractivity contribution in [2.75, 3.05) is 7.05 Å². The van der Waals surface area contributed by atoms with Crippen LogP contribution in [-0.4, -0.2) is 23.9 Å². The molecule has 0 aliphatic carbocycles. The van der Waals surface area contributed by atoms with Crippen molar-refractivity contribution in [1.29, 1.82) is 0 Å². The third-order valence-electron chi connectivity index (χ3n) is 3.20. The van der Waals surface area contributed by atoms with Gasteiger partial charge in [0.25, 0.3) is 0 Å². The number of carbonyl (C=O) groups excluding carboxylic acids is 1. The summed E-state index contributed by atoms with van der Waals surface area (Å²) in [5.74, 6) is 1.79. The van der Waals surface area contributed by atoms with E-state index < -0.39 is 0 Å². The van der Waals surface area contributed by atoms with Gasteiger partial charge < -0.3 is 15.1 Å². The van der Waals surface area contributed by atoms with Crippen LogP contribution in [0.3, 0.4) is 0 Å². The van der Waals surface area contributed by atoms with Crippen LogP contribution in [0.1, 0.15) is 36.8 Å². The topological polar surface area (TPSA) is 59.5 Å². The second-order valence-electron chi connectivity index (χ2n) is 4.45. The first-order chi connectivity index (χ1) is 7.59. The molecule has 88 valence electrons. The molecule has 2 unspecified atom stereocenters. The molecule has 1 fully saturated rings. The standard InChI is InChI=1S/C12H18N2O2/c1-8-6-7-10(16-8)12-9(13)4-3-5-11(15)14(12)2/h6-7,9,12H,3-5,13H2,1-2H3. The Balaban J connectivity index is 2.31. The number of likely N-dealkylation sites (N-methyl/N-ethyl adjacent to an activating group) is 1. The van der Waals surface area contributed by atoms with Crippen molar-refractivity contribution in [2.24, 2.45) is 5.73 Å². The molecule has 1 aliphatic heterocycles. The van der Waals surface area contributed by atoms with Crippen LogP contribution in [0.5, 0.6) is 0 Å². The van der Waals surface area contributed by atoms with E-state index in [0.717, 1.165) is 24.4 Å². The van der Waals surface area contributed by atoms with Crippen molar-refractivity contribution in [3.05, 3.63) is 23.7 Å². The quantitative estimate of drug-likeness (QED) is 0.785. The fourth-order valence-corrected chi connectivity index (χ4v) is 2.28. The number of nitrogens with two attached hydrogens (primary N) is 1. The Labute approximate surface area is 95.4 Å². The van der Waals surface area contributed by atoms with Gasteiger partial charge in [-0.2, -0.15) is 0 Å². The highest BCUT2D eigenvalue weighted by molar-refractivity contribution is 5.76. The average molecular weight is 222 g/mol. The van der Waals surface area contributed by atoms with Crippen LogP contribution >= 0.6 is 0 Å². The maximum Gasteiger partial charge on any atom is 0.222 e. The van der Waals surface area contributed by atoms with Crippen LogP contribution in [-0.2, 0) is 4.79 Å². The van der Waals surface area contributed by atoms with Crippen molar-refractivity contribution < 1.29 is 9.21 Å². The second-order valence-corrected chi connectivity index (χ2v) is 4.45. The number of hydrogen-bond donors (Lipinski definition) is 1. The summed E-state index contributed by atoms with van der Waals surface area (Å²) in [6.45, 7) is 1.90. The van der Waals surface area contributed by atoms with E-state index in [1.54, 1.807) is 11.9 Å². The summed E-state index contributed by atoms with van der Waals surface area (Å²) in [6.07, 6.45) is 2.31. The van der Waals surface area contributed by atoms with Gasteiger partial charge in [-0.1, -0.05) is 0 Å². The summed E-state index contributed by atoms with van der Waals surface area (Å²) >= 11 is 0. The van der Waals surface area contributed by atoms with E-state index in [1.807, 2.05) is 19.1 Å². The summed E-state index contributed by atoms with van der Waals surface area (Å²) in [7, 11) is 1.80. The molecule has 0 bridgehead atoms. The van der Waals surface area contributed by atoms with E-state index in [1.165, 1.54) is 0 Å². The van der Waals surface area contributed by atoms with Crippen molar-refractivity contribution >= 4 is 5.91 Å². The van der Waals surface area contributed by atoms with E-state index in [2.05, 4.69) is 0 Å². The molecular formula is C12H18N2O2. The van der Waals surface area contributed by atoms with Crippen LogP contribution in [0.25, 0.3) is 0 Å². The lowest BCUT2D eigenvalue weighted by Gasteiger charge is -2.28. The molecule has 1 amide bonds. The highest BCUT2D eigenvalue weighted by Crippen LogP contribution is 2.29. The monoisotopic (exact) mass is 222 g/mol. The Kier molecular flexibility index (Phi) is 3.01. The van der Waals surface area contributed by atoms with Gasteiger partial charge in [0.2, 0.25) is 5.91 Å². The number of carbonyl (C=O) groups is 1. The summed E-state index contributed by atoms with van der Waals surface area (Å²) in [5.41, 5.74) is 6.12. The molecule has 0 spiro atoms. The minimum Gasteiger partial charge on any atom is -0.464 e. The minimum atomic E-state index is -0.122. The van der Waals surface area contributed by atoms with Gasteiger partial charge >= 0.3 is 0 Å². The van der Waals surface area contributed by atoms with Crippen LogP contribution in [0.4, 0.5) is 0 Å². The van der Waals surface area contributed by atoms with Crippen LogP contribution in [0, 0.1) is 6.92 Å². The molecule has 2 atom stereocenters. The molecule has 1 aliphatic rings. The third-order valence-corrected chi connectivity index (χ3v) is 3.20. The highest BCUT2D eigenvalue weighted by Gasteiger charge is 2.32. The van der Waals surface area contributed by atoms with Crippen LogP contribution in [0.15, 0.2) is 16.5 Å². The van der Waals surface area contributed by atoms with Gasteiger partial charge in [0, 0.05) is 19.5 Å². The number of furan rings is 1. The lowest BCUT2D eigenvalue weighted by Crippen LogP contribution is -2.39. The fraction of sp³-hybridized carbons (Fsp3) is 0.583. The SMILES string of the molecule is Cc1ccc(C2C(N)CCCC(=O)N2C)o1. The highest BCUT2D eigenvalue weighted by atomic mass is 16.3. The maximum atomic E-state index is 11.8. The number of nitrogens with zero attached hydrogens (tertiary/aromatic N) is 1. The van der Waals surface area contributed by atoms with E-state index in [0.29, 0.717) is 6.42 Å². The van der Waals surface area contributed by atoms with Gasteiger partial charge in [-0.3, -0.25) is 4.79 Å². The van der Waals surface area contributed by atoms with Crippen molar-refractivity contribution in [3.8, 4) is 0 Å². The largest absolute Gasteiger partial charge is 0.464 e. The van der Waals surface area contributed by atoms with Gasteiger partial charge in [-0.15, -0.1) is 0 Å². The molecule has 16 heavy (non-hydrogen) atoms. The Hall–Kier alpha value is -1.29. The summed E-state index contributed by atoms with van der Waals surface area (Å²) in [5, 5.41) is 0. The average Bonchev–Trinajstić information content (AvgIpc) is 2.59. The molecule has 2 heterocycles. The van der Waals surface area contributed by atoms with E-state index >= 15 is 0 Å². The van der Waals surface area contributed by atoms with Crippen LogP contribution in [0.2, 0.25) is 0 Å². The Morgan fingerprint density at radius 3 is 2.88 bits per heavy atom. The van der Waals surface area contributed by atoms with Crippen molar-refractivity contribution in [1.82, 2.24) is 4.90 Å². The molecule has 1 aromatic heterocycles. The minimum absolute atomic E-state index is 0.0398. The lowest BCUT2D eigenvalue weighted by atomic mass is 10.0. The summed E-state index contributed by atoms with van der Waals surface area (Å²) < 4.78 is 5.59. The van der Waals surface area contributed by atoms with Crippen molar-refractivity contribution in [3.63, 3.8) is 0 Å². The molecule has 0 saturated carbocycles. The fourth-order valence-electron chi connectivity index (χ4n) is 2.28. The zero-order valence-corrected chi connectivity index (χ0v) is 9.77. The van der Waals surface area contributed by atoms with Gasteiger partial charge in [-0.05, 0) is 31.9 Å². The molecule has 0 aromatic carbocycles. The van der Waals surface area contributed by atoms with Gasteiger partial charge in [0.05, 0.1) is 0 Å². The second kappa shape index (κ2) is 4.29. The normalized spacial score (nSPS) is 26.9. The Bertz CT molecular complexity index is 386. The van der Waals surface area contributed by atoms with Gasteiger partial charge in [0.1, 0.15) is 17.6 Å². The first-order valence-corrected chi connectivity index (χ1v) is 5.67. The molecule has 0 radical (unpaired) electrons. The van der Waals surface area contributed by atoms with Gasteiger partial charge in [0.15, 0.2) is 0 Å². The third kappa shape index (κ3) is 1.97. The summed E-state index contributed by atoms with van der Waals surface area (Å²) in [6, 6.07) is 3.66. The molecule has 1 aromatic rings. The molecule has 4 heteroatoms. The number of hydrogen-bond acceptors (Lipinski definition) is 3. The molecule has 1 saturated heterocycles. The molecule has 2 rings (SSSR count). The Morgan fingerprint density at radius 2 is 2.25 bits per heavy atom.